The Morgan fingerprint density at radius 1 is 1.33 bits per heavy atom. The smallest absolute Gasteiger partial charge is 0.340 e. The van der Waals surface area contributed by atoms with Gasteiger partial charge in [-0.15, -0.1) is 0 Å². The van der Waals surface area contributed by atoms with Crippen molar-refractivity contribution in [3.05, 3.63) is 23.8 Å². The first kappa shape index (κ1) is 15.7. The van der Waals surface area contributed by atoms with Gasteiger partial charge in [-0.3, -0.25) is 0 Å². The SMILES string of the molecule is CCOC(=O)c1cc(NC2CCCCCC2C)ccc1N. The molecule has 2 unspecified atom stereocenters. The summed E-state index contributed by atoms with van der Waals surface area (Å²) in [6, 6.07) is 5.99. The van der Waals surface area contributed by atoms with Crippen LogP contribution in [0, 0.1) is 5.92 Å². The normalized spacial score (nSPS) is 22.4. The predicted octanol–water partition coefficient (Wildman–Crippen LogP) is 3.83. The minimum Gasteiger partial charge on any atom is -0.462 e. The topological polar surface area (TPSA) is 64.3 Å². The number of carbonyl (C=O) groups excluding carboxylic acids is 1. The highest BCUT2D eigenvalue weighted by atomic mass is 16.5. The molecule has 1 aromatic rings. The van der Waals surface area contributed by atoms with Crippen LogP contribution in [0.25, 0.3) is 0 Å². The highest BCUT2D eigenvalue weighted by molar-refractivity contribution is 5.96. The molecule has 0 radical (unpaired) electrons. The lowest BCUT2D eigenvalue weighted by Gasteiger charge is -2.24. The first-order valence-corrected chi connectivity index (χ1v) is 7.95. The number of nitrogens with one attached hydrogen (secondary N) is 1. The lowest BCUT2D eigenvalue weighted by molar-refractivity contribution is 0.0527. The van der Waals surface area contributed by atoms with Gasteiger partial charge in [0, 0.05) is 17.4 Å². The average molecular weight is 290 g/mol. The van der Waals surface area contributed by atoms with Crippen molar-refractivity contribution in [3.63, 3.8) is 0 Å². The largest absolute Gasteiger partial charge is 0.462 e. The molecule has 0 bridgehead atoms. The first-order valence-electron chi connectivity index (χ1n) is 7.95. The maximum Gasteiger partial charge on any atom is 0.340 e. The monoisotopic (exact) mass is 290 g/mol. The maximum absolute atomic E-state index is 11.9. The number of esters is 1. The summed E-state index contributed by atoms with van der Waals surface area (Å²) in [5.74, 6) is 0.295. The standard InChI is InChI=1S/C17H26N2O2/c1-3-21-17(20)14-11-13(9-10-15(14)18)19-16-8-6-4-5-7-12(16)2/h9-12,16,19H,3-8,18H2,1-2H3. The molecular weight excluding hydrogens is 264 g/mol. The first-order chi connectivity index (χ1) is 10.1. The van der Waals surface area contributed by atoms with Crippen molar-refractivity contribution in [2.24, 2.45) is 5.92 Å². The third kappa shape index (κ3) is 4.13. The van der Waals surface area contributed by atoms with Crippen molar-refractivity contribution < 1.29 is 9.53 Å². The highest BCUT2D eigenvalue weighted by Crippen LogP contribution is 2.27. The van der Waals surface area contributed by atoms with E-state index in [1.165, 1.54) is 32.1 Å². The lowest BCUT2D eigenvalue weighted by atomic mass is 9.96. The molecule has 1 aliphatic rings. The number of hydrogen-bond acceptors (Lipinski definition) is 4. The lowest BCUT2D eigenvalue weighted by Crippen LogP contribution is -2.26. The van der Waals surface area contributed by atoms with Crippen LogP contribution < -0.4 is 11.1 Å². The summed E-state index contributed by atoms with van der Waals surface area (Å²) in [4.78, 5) is 11.9. The Balaban J connectivity index is 2.12. The Hall–Kier alpha value is -1.71. The molecule has 0 aromatic heterocycles. The summed E-state index contributed by atoms with van der Waals surface area (Å²) in [5, 5.41) is 3.57. The number of anilines is 2. The van der Waals surface area contributed by atoms with E-state index in [9.17, 15) is 4.79 Å². The van der Waals surface area contributed by atoms with Crippen LogP contribution in [-0.4, -0.2) is 18.6 Å². The number of rotatable bonds is 4. The Kier molecular flexibility index (Phi) is 5.48. The van der Waals surface area contributed by atoms with Gasteiger partial charge in [-0.25, -0.2) is 4.79 Å². The minimum absolute atomic E-state index is 0.354. The Labute approximate surface area is 127 Å². The number of hydrogen-bond donors (Lipinski definition) is 2. The van der Waals surface area contributed by atoms with E-state index in [4.69, 9.17) is 10.5 Å². The number of ether oxygens (including phenoxy) is 1. The van der Waals surface area contributed by atoms with Crippen LogP contribution >= 0.6 is 0 Å². The second-order valence-electron chi connectivity index (χ2n) is 5.89. The van der Waals surface area contributed by atoms with E-state index >= 15 is 0 Å². The van der Waals surface area contributed by atoms with Gasteiger partial charge >= 0.3 is 5.97 Å². The Bertz CT molecular complexity index is 488. The quantitative estimate of drug-likeness (QED) is 0.502. The molecule has 0 aliphatic heterocycles. The number of benzene rings is 1. The zero-order valence-electron chi connectivity index (χ0n) is 13.0. The van der Waals surface area contributed by atoms with E-state index in [0.29, 0.717) is 29.8 Å². The third-order valence-corrected chi connectivity index (χ3v) is 4.26. The molecule has 4 nitrogen and oxygen atoms in total. The molecule has 0 heterocycles. The summed E-state index contributed by atoms with van der Waals surface area (Å²) in [5.41, 5.74) is 7.74. The second-order valence-corrected chi connectivity index (χ2v) is 5.89. The van der Waals surface area contributed by atoms with Crippen LogP contribution in [0.2, 0.25) is 0 Å². The molecule has 1 aromatic carbocycles. The molecule has 2 atom stereocenters. The van der Waals surface area contributed by atoms with Crippen LogP contribution in [0.4, 0.5) is 11.4 Å². The Morgan fingerprint density at radius 2 is 2.10 bits per heavy atom. The molecule has 116 valence electrons. The summed E-state index contributed by atoms with van der Waals surface area (Å²) in [6.45, 7) is 4.45. The van der Waals surface area contributed by atoms with Gasteiger partial charge < -0.3 is 15.8 Å². The van der Waals surface area contributed by atoms with Crippen molar-refractivity contribution in [1.82, 2.24) is 0 Å². The minimum atomic E-state index is -0.354. The van der Waals surface area contributed by atoms with E-state index in [-0.39, 0.29) is 5.97 Å². The molecular formula is C17H26N2O2. The predicted molar refractivity (Wildman–Crippen MR) is 86.5 cm³/mol. The fraction of sp³-hybridized carbons (Fsp3) is 0.588. The average Bonchev–Trinajstić information content (AvgIpc) is 2.66. The van der Waals surface area contributed by atoms with Crippen LogP contribution in [-0.2, 0) is 4.74 Å². The zero-order valence-corrected chi connectivity index (χ0v) is 13.0. The zero-order chi connectivity index (χ0) is 15.2. The van der Waals surface area contributed by atoms with Gasteiger partial charge in [0.05, 0.1) is 12.2 Å². The van der Waals surface area contributed by atoms with Crippen LogP contribution in [0.3, 0.4) is 0 Å². The summed E-state index contributed by atoms with van der Waals surface area (Å²) in [6.07, 6.45) is 6.34. The van der Waals surface area contributed by atoms with Gasteiger partial charge in [0.25, 0.3) is 0 Å². The van der Waals surface area contributed by atoms with Gasteiger partial charge in [0.15, 0.2) is 0 Å². The van der Waals surface area contributed by atoms with Crippen LogP contribution in [0.1, 0.15) is 56.3 Å². The van der Waals surface area contributed by atoms with Crippen molar-refractivity contribution >= 4 is 17.3 Å². The summed E-state index contributed by atoms with van der Waals surface area (Å²) < 4.78 is 5.05. The maximum atomic E-state index is 11.9. The van der Waals surface area contributed by atoms with Gasteiger partial charge in [0.1, 0.15) is 0 Å². The second kappa shape index (κ2) is 7.34. The van der Waals surface area contributed by atoms with Gasteiger partial charge in [-0.05, 0) is 43.9 Å². The van der Waals surface area contributed by atoms with E-state index in [1.807, 2.05) is 12.1 Å². The molecule has 0 spiro atoms. The van der Waals surface area contributed by atoms with E-state index in [1.54, 1.807) is 13.0 Å². The fourth-order valence-corrected chi connectivity index (χ4v) is 2.95. The van der Waals surface area contributed by atoms with Gasteiger partial charge in [-0.1, -0.05) is 26.2 Å². The number of nitrogen functional groups attached to an aromatic ring is 1. The van der Waals surface area contributed by atoms with Gasteiger partial charge in [-0.2, -0.15) is 0 Å². The molecule has 2 rings (SSSR count). The van der Waals surface area contributed by atoms with Crippen molar-refractivity contribution in [2.75, 3.05) is 17.7 Å². The van der Waals surface area contributed by atoms with Crippen LogP contribution in [0.15, 0.2) is 18.2 Å². The molecule has 1 aliphatic carbocycles. The molecule has 3 N–H and O–H groups in total. The van der Waals surface area contributed by atoms with E-state index in [0.717, 1.165) is 5.69 Å². The molecule has 0 amide bonds. The molecule has 0 saturated heterocycles. The fourth-order valence-electron chi connectivity index (χ4n) is 2.95. The highest BCUT2D eigenvalue weighted by Gasteiger charge is 2.20. The Morgan fingerprint density at radius 3 is 2.86 bits per heavy atom. The van der Waals surface area contributed by atoms with Crippen molar-refractivity contribution in [1.29, 1.82) is 0 Å². The number of nitrogens with two attached hydrogens (primary N) is 1. The number of carbonyl (C=O) groups is 1. The summed E-state index contributed by atoms with van der Waals surface area (Å²) >= 11 is 0. The summed E-state index contributed by atoms with van der Waals surface area (Å²) in [7, 11) is 0. The molecule has 4 heteroatoms. The van der Waals surface area contributed by atoms with E-state index in [2.05, 4.69) is 12.2 Å². The van der Waals surface area contributed by atoms with Gasteiger partial charge in [0.2, 0.25) is 0 Å². The third-order valence-electron chi connectivity index (χ3n) is 4.26. The van der Waals surface area contributed by atoms with Crippen LogP contribution in [0.5, 0.6) is 0 Å². The molecule has 21 heavy (non-hydrogen) atoms. The van der Waals surface area contributed by atoms with E-state index < -0.39 is 0 Å². The van der Waals surface area contributed by atoms with Crippen molar-refractivity contribution in [2.45, 2.75) is 52.0 Å². The molecule has 1 saturated carbocycles. The van der Waals surface area contributed by atoms with Crippen molar-refractivity contribution in [3.8, 4) is 0 Å². The molecule has 1 fully saturated rings.